The second-order valence-corrected chi connectivity index (χ2v) is 19.6. The zero-order chi connectivity index (χ0) is 43.4. The van der Waals surface area contributed by atoms with Crippen molar-refractivity contribution in [3.8, 4) is 0 Å². The van der Waals surface area contributed by atoms with Crippen LogP contribution in [0.1, 0.15) is 84.1 Å². The van der Waals surface area contributed by atoms with Crippen molar-refractivity contribution in [2.75, 3.05) is 70.8 Å². The molecule has 1 heterocycles. The van der Waals surface area contributed by atoms with Gasteiger partial charge in [-0.05, 0) is 122 Å². The fourth-order valence-corrected chi connectivity index (χ4v) is 12.7. The number of benzene rings is 1. The van der Waals surface area contributed by atoms with Crippen LogP contribution in [0.3, 0.4) is 0 Å². The van der Waals surface area contributed by atoms with Crippen molar-refractivity contribution in [3.63, 3.8) is 0 Å². The minimum atomic E-state index is -0.987. The molecular weight excluding hydrogens is 771 g/mol. The van der Waals surface area contributed by atoms with Crippen LogP contribution in [-0.4, -0.2) is 159 Å². The molecule has 12 atom stereocenters. The molecule has 4 saturated carbocycles. The second-order valence-electron chi connectivity index (χ2n) is 19.6. The normalized spacial score (nSPS) is 35.1. The average Bonchev–Trinajstić information content (AvgIpc) is 3.58. The van der Waals surface area contributed by atoms with E-state index in [1.165, 1.54) is 0 Å². The van der Waals surface area contributed by atoms with Crippen LogP contribution in [-0.2, 0) is 25.6 Å². The summed E-state index contributed by atoms with van der Waals surface area (Å²) in [6.07, 6.45) is 6.19. The summed E-state index contributed by atoms with van der Waals surface area (Å²) >= 11 is 0. The SMILES string of the molecule is CC(CCC(=O)Nc1ccc(CC(CN2CCN(CC(=O)O)CCN(CC(=O)O)CC2)NCC(=O)O)cc1)C1CCC2C3C(O)CC4CC(O)CCC4(C)C3CC(O)C12C. The zero-order valence-electron chi connectivity index (χ0n) is 35.9. The van der Waals surface area contributed by atoms with Crippen molar-refractivity contribution < 1.29 is 49.8 Å². The van der Waals surface area contributed by atoms with Crippen LogP contribution in [0.25, 0.3) is 0 Å². The number of amides is 1. The lowest BCUT2D eigenvalue weighted by atomic mass is 9.43. The predicted molar refractivity (Wildman–Crippen MR) is 225 cm³/mol. The Balaban J connectivity index is 1.02. The molecule has 8 N–H and O–H groups in total. The van der Waals surface area contributed by atoms with Crippen molar-refractivity contribution in [3.05, 3.63) is 29.8 Å². The van der Waals surface area contributed by atoms with Gasteiger partial charge in [0.25, 0.3) is 0 Å². The monoisotopic (exact) mass is 842 g/mol. The number of carboxylic acid groups (broad SMARTS) is 3. The van der Waals surface area contributed by atoms with E-state index in [9.17, 15) is 49.8 Å². The van der Waals surface area contributed by atoms with E-state index in [-0.39, 0.29) is 84.0 Å². The summed E-state index contributed by atoms with van der Waals surface area (Å²) in [5.41, 5.74) is 1.31. The zero-order valence-corrected chi connectivity index (χ0v) is 35.9. The molecule has 12 unspecified atom stereocenters. The quantitative estimate of drug-likeness (QED) is 0.120. The number of carbonyl (C=O) groups excluding carboxylic acids is 1. The first-order valence-corrected chi connectivity index (χ1v) is 22.4. The largest absolute Gasteiger partial charge is 0.480 e. The minimum Gasteiger partial charge on any atom is -0.480 e. The number of hydrogen-bond acceptors (Lipinski definition) is 11. The van der Waals surface area contributed by atoms with Crippen molar-refractivity contribution in [1.29, 1.82) is 0 Å². The fraction of sp³-hybridized carbons (Fsp3) is 0.778. The highest BCUT2D eigenvalue weighted by Crippen LogP contribution is 2.68. The Morgan fingerprint density at radius 3 is 2.00 bits per heavy atom. The van der Waals surface area contributed by atoms with E-state index in [2.05, 4.69) is 36.3 Å². The molecule has 0 bridgehead atoms. The molecule has 5 aliphatic rings. The van der Waals surface area contributed by atoms with E-state index < -0.39 is 30.1 Å². The number of rotatable bonds is 16. The topological polar surface area (TPSA) is 223 Å². The molecular formula is C45H71N5O10. The number of nitrogens with one attached hydrogen (secondary N) is 2. The van der Waals surface area contributed by atoms with Gasteiger partial charge in [0.05, 0.1) is 37.9 Å². The Hall–Kier alpha value is -3.18. The maximum Gasteiger partial charge on any atom is 0.317 e. The van der Waals surface area contributed by atoms with Gasteiger partial charge in [0.2, 0.25) is 5.91 Å². The van der Waals surface area contributed by atoms with E-state index >= 15 is 0 Å². The molecule has 0 aromatic heterocycles. The first kappa shape index (κ1) is 46.3. The number of anilines is 1. The highest BCUT2D eigenvalue weighted by Gasteiger charge is 2.65. The molecule has 4 aliphatic carbocycles. The molecule has 15 nitrogen and oxygen atoms in total. The molecule has 1 saturated heterocycles. The molecule has 1 aromatic rings. The predicted octanol–water partition coefficient (Wildman–Crippen LogP) is 2.68. The molecule has 336 valence electrons. The third-order valence-corrected chi connectivity index (χ3v) is 16.0. The minimum absolute atomic E-state index is 0.0274. The lowest BCUT2D eigenvalue weighted by Gasteiger charge is -2.63. The number of hydrogen-bond donors (Lipinski definition) is 8. The Kier molecular flexibility index (Phi) is 15.4. The van der Waals surface area contributed by atoms with Crippen LogP contribution >= 0.6 is 0 Å². The summed E-state index contributed by atoms with van der Waals surface area (Å²) in [4.78, 5) is 53.6. The summed E-state index contributed by atoms with van der Waals surface area (Å²) in [5.74, 6) is -1.61. The number of fused-ring (bicyclic) bond motifs is 5. The third-order valence-electron chi connectivity index (χ3n) is 16.0. The smallest absolute Gasteiger partial charge is 0.317 e. The fourth-order valence-electron chi connectivity index (χ4n) is 12.7. The summed E-state index contributed by atoms with van der Waals surface area (Å²) in [7, 11) is 0. The molecule has 60 heavy (non-hydrogen) atoms. The van der Waals surface area contributed by atoms with Crippen molar-refractivity contribution in [2.45, 2.75) is 109 Å². The molecule has 5 fully saturated rings. The van der Waals surface area contributed by atoms with E-state index in [4.69, 9.17) is 0 Å². The van der Waals surface area contributed by atoms with Gasteiger partial charge in [-0.1, -0.05) is 32.9 Å². The standard InChI is InChI=1S/C45H71N5O10/c1-28(34-9-10-35-43-36(23-38(53)45(34,35)3)44(2)13-12-33(51)21-30(44)22-37(43)52)4-11-39(54)47-31-7-5-29(6-8-31)20-32(46-24-40(55)56)25-48-14-16-49(26-41(57)58)18-19-50(17-15-48)27-42(59)60/h5-8,28,30,32-38,43,46,51-53H,4,9-27H2,1-3H3,(H,47,54)(H,55,56)(H,57,58)(H,59,60). The molecule has 6 rings (SSSR count). The van der Waals surface area contributed by atoms with Gasteiger partial charge in [-0.15, -0.1) is 0 Å². The van der Waals surface area contributed by atoms with Gasteiger partial charge in [0.1, 0.15) is 0 Å². The number of aliphatic carboxylic acids is 3. The van der Waals surface area contributed by atoms with Crippen LogP contribution in [0.15, 0.2) is 24.3 Å². The molecule has 1 amide bonds. The van der Waals surface area contributed by atoms with Crippen molar-refractivity contribution >= 4 is 29.5 Å². The Morgan fingerprint density at radius 1 is 0.783 bits per heavy atom. The summed E-state index contributed by atoms with van der Waals surface area (Å²) in [6.45, 7) is 9.63. The van der Waals surface area contributed by atoms with E-state index in [0.29, 0.717) is 77.2 Å². The van der Waals surface area contributed by atoms with E-state index in [0.717, 1.165) is 44.1 Å². The first-order valence-electron chi connectivity index (χ1n) is 22.4. The van der Waals surface area contributed by atoms with Crippen molar-refractivity contribution in [2.24, 2.45) is 46.3 Å². The summed E-state index contributed by atoms with van der Waals surface area (Å²) in [6, 6.07) is 7.28. The first-order chi connectivity index (χ1) is 28.5. The Bertz CT molecular complexity index is 1620. The number of aliphatic hydroxyl groups is 3. The number of nitrogens with zero attached hydrogens (tertiary/aromatic N) is 3. The lowest BCUT2D eigenvalue weighted by molar-refractivity contribution is -0.207. The maximum atomic E-state index is 13.3. The van der Waals surface area contributed by atoms with Gasteiger partial charge >= 0.3 is 17.9 Å². The molecule has 0 spiro atoms. The van der Waals surface area contributed by atoms with Crippen LogP contribution in [0.4, 0.5) is 5.69 Å². The van der Waals surface area contributed by atoms with Gasteiger partial charge in [0.15, 0.2) is 0 Å². The maximum absolute atomic E-state index is 13.3. The van der Waals surface area contributed by atoms with Crippen LogP contribution in [0, 0.1) is 46.3 Å². The molecule has 1 aromatic carbocycles. The van der Waals surface area contributed by atoms with Crippen molar-refractivity contribution in [1.82, 2.24) is 20.0 Å². The Labute approximate surface area is 354 Å². The lowest BCUT2D eigenvalue weighted by Crippen LogP contribution is -2.62. The Morgan fingerprint density at radius 2 is 1.40 bits per heavy atom. The van der Waals surface area contributed by atoms with Crippen LogP contribution in [0.5, 0.6) is 0 Å². The van der Waals surface area contributed by atoms with Gasteiger partial charge in [-0.25, -0.2) is 0 Å². The van der Waals surface area contributed by atoms with Gasteiger partial charge in [-0.2, -0.15) is 0 Å². The molecule has 15 heteroatoms. The van der Waals surface area contributed by atoms with Gasteiger partial charge in [-0.3, -0.25) is 33.9 Å². The summed E-state index contributed by atoms with van der Waals surface area (Å²) < 4.78 is 0. The van der Waals surface area contributed by atoms with Gasteiger partial charge < -0.3 is 41.3 Å². The number of carboxylic acids is 3. The molecule has 1 aliphatic heterocycles. The van der Waals surface area contributed by atoms with E-state index in [1.807, 2.05) is 24.3 Å². The summed E-state index contributed by atoms with van der Waals surface area (Å²) in [5, 5.41) is 68.5. The molecule has 0 radical (unpaired) electrons. The third kappa shape index (κ3) is 10.9. The number of carbonyl (C=O) groups is 4. The van der Waals surface area contributed by atoms with Gasteiger partial charge in [0, 0.05) is 64.0 Å². The highest BCUT2D eigenvalue weighted by atomic mass is 16.4. The highest BCUT2D eigenvalue weighted by molar-refractivity contribution is 5.90. The van der Waals surface area contributed by atoms with Crippen LogP contribution in [0.2, 0.25) is 0 Å². The number of aliphatic hydroxyl groups excluding tert-OH is 3. The second kappa shape index (κ2) is 19.9. The van der Waals surface area contributed by atoms with E-state index in [1.54, 1.807) is 9.80 Å². The van der Waals surface area contributed by atoms with Crippen LogP contribution < -0.4 is 10.6 Å². The average molecular weight is 842 g/mol.